The Labute approximate surface area is 86.9 Å². The van der Waals surface area contributed by atoms with Crippen molar-refractivity contribution in [1.82, 2.24) is 0 Å². The van der Waals surface area contributed by atoms with Gasteiger partial charge in [0.2, 0.25) is 0 Å². The van der Waals surface area contributed by atoms with Crippen LogP contribution in [-0.4, -0.2) is 8.42 Å². The standard InChI is InChI=1S/C8H8Cl2O2S/c1-5-3-6(2)8(4-7(5)9)13(10,11)12/h3-4H,1-2H3. The van der Waals surface area contributed by atoms with Gasteiger partial charge in [-0.2, -0.15) is 0 Å². The molecule has 0 unspecified atom stereocenters. The van der Waals surface area contributed by atoms with Gasteiger partial charge in [-0.3, -0.25) is 0 Å². The molecular weight excluding hydrogens is 231 g/mol. The molecule has 0 saturated heterocycles. The van der Waals surface area contributed by atoms with Gasteiger partial charge in [0.1, 0.15) is 0 Å². The highest BCUT2D eigenvalue weighted by molar-refractivity contribution is 8.13. The van der Waals surface area contributed by atoms with Crippen LogP contribution in [0.1, 0.15) is 11.1 Å². The second-order valence-electron chi connectivity index (χ2n) is 2.80. The molecule has 1 aromatic rings. The molecule has 0 spiro atoms. The van der Waals surface area contributed by atoms with Crippen LogP contribution in [0.3, 0.4) is 0 Å². The number of aryl methyl sites for hydroxylation is 2. The topological polar surface area (TPSA) is 34.1 Å². The van der Waals surface area contributed by atoms with E-state index in [1.165, 1.54) is 6.07 Å². The van der Waals surface area contributed by atoms with E-state index in [0.717, 1.165) is 5.56 Å². The highest BCUT2D eigenvalue weighted by Gasteiger charge is 2.14. The van der Waals surface area contributed by atoms with Crippen LogP contribution in [-0.2, 0) is 9.05 Å². The smallest absolute Gasteiger partial charge is 0.207 e. The SMILES string of the molecule is Cc1cc(C)c(S(=O)(=O)Cl)cc1Cl. The average Bonchev–Trinajstić information content (AvgIpc) is 1.94. The molecule has 0 aliphatic rings. The van der Waals surface area contributed by atoms with Crippen molar-refractivity contribution in [3.8, 4) is 0 Å². The molecule has 0 amide bonds. The van der Waals surface area contributed by atoms with Crippen molar-refractivity contribution in [1.29, 1.82) is 0 Å². The molecule has 1 aromatic carbocycles. The number of rotatable bonds is 1. The maximum absolute atomic E-state index is 11.0. The summed E-state index contributed by atoms with van der Waals surface area (Å²) in [5.74, 6) is 0. The maximum Gasteiger partial charge on any atom is 0.261 e. The fourth-order valence-electron chi connectivity index (χ4n) is 1.07. The lowest BCUT2D eigenvalue weighted by atomic mass is 10.2. The molecule has 0 atom stereocenters. The average molecular weight is 239 g/mol. The first-order valence-electron chi connectivity index (χ1n) is 3.54. The molecule has 0 aromatic heterocycles. The van der Waals surface area contributed by atoms with Gasteiger partial charge in [-0.25, -0.2) is 8.42 Å². The molecule has 0 saturated carbocycles. The van der Waals surface area contributed by atoms with Gasteiger partial charge in [0.15, 0.2) is 0 Å². The Morgan fingerprint density at radius 1 is 1.15 bits per heavy atom. The van der Waals surface area contributed by atoms with E-state index >= 15 is 0 Å². The molecule has 72 valence electrons. The third-order valence-corrected chi connectivity index (χ3v) is 3.59. The van der Waals surface area contributed by atoms with Crippen molar-refractivity contribution in [2.24, 2.45) is 0 Å². The van der Waals surface area contributed by atoms with Gasteiger partial charge in [-0.1, -0.05) is 17.7 Å². The van der Waals surface area contributed by atoms with Crippen molar-refractivity contribution in [2.75, 3.05) is 0 Å². The van der Waals surface area contributed by atoms with E-state index in [9.17, 15) is 8.42 Å². The third-order valence-electron chi connectivity index (χ3n) is 1.72. The molecule has 0 radical (unpaired) electrons. The van der Waals surface area contributed by atoms with E-state index in [1.807, 2.05) is 0 Å². The van der Waals surface area contributed by atoms with Gasteiger partial charge in [0.25, 0.3) is 9.05 Å². The summed E-state index contributed by atoms with van der Waals surface area (Å²) in [5.41, 5.74) is 1.44. The Morgan fingerprint density at radius 2 is 1.69 bits per heavy atom. The predicted octanol–water partition coefficient (Wildman–Crippen LogP) is 2.88. The van der Waals surface area contributed by atoms with Gasteiger partial charge in [-0.05, 0) is 31.0 Å². The number of halogens is 2. The normalized spacial score (nSPS) is 11.7. The highest BCUT2D eigenvalue weighted by atomic mass is 35.7. The minimum absolute atomic E-state index is 0.0739. The van der Waals surface area contributed by atoms with Gasteiger partial charge in [-0.15, -0.1) is 0 Å². The van der Waals surface area contributed by atoms with Crippen LogP contribution in [0.2, 0.25) is 5.02 Å². The van der Waals surface area contributed by atoms with Crippen LogP contribution in [0.25, 0.3) is 0 Å². The molecule has 1 rings (SSSR count). The predicted molar refractivity (Wildman–Crippen MR) is 54.0 cm³/mol. The van der Waals surface area contributed by atoms with E-state index in [-0.39, 0.29) is 4.90 Å². The fourth-order valence-corrected chi connectivity index (χ4v) is 2.50. The largest absolute Gasteiger partial charge is 0.261 e. The van der Waals surface area contributed by atoms with Gasteiger partial charge >= 0.3 is 0 Å². The van der Waals surface area contributed by atoms with Crippen molar-refractivity contribution < 1.29 is 8.42 Å². The van der Waals surface area contributed by atoms with Gasteiger partial charge < -0.3 is 0 Å². The molecule has 0 fully saturated rings. The summed E-state index contributed by atoms with van der Waals surface area (Å²) >= 11 is 5.77. The Balaban J connectivity index is 3.50. The van der Waals surface area contributed by atoms with Crippen LogP contribution < -0.4 is 0 Å². The Kier molecular flexibility index (Phi) is 2.90. The molecule has 0 aliphatic heterocycles. The molecule has 2 nitrogen and oxygen atoms in total. The van der Waals surface area contributed by atoms with Crippen molar-refractivity contribution in [3.63, 3.8) is 0 Å². The molecule has 0 N–H and O–H groups in total. The quantitative estimate of drug-likeness (QED) is 0.706. The van der Waals surface area contributed by atoms with Gasteiger partial charge in [0.05, 0.1) is 4.90 Å². The lowest BCUT2D eigenvalue weighted by Crippen LogP contribution is -1.95. The van der Waals surface area contributed by atoms with E-state index in [0.29, 0.717) is 10.6 Å². The summed E-state index contributed by atoms with van der Waals surface area (Å²) in [6.07, 6.45) is 0. The number of hydrogen-bond donors (Lipinski definition) is 0. The first-order chi connectivity index (χ1) is 5.82. The maximum atomic E-state index is 11.0. The zero-order valence-corrected chi connectivity index (χ0v) is 9.46. The summed E-state index contributed by atoms with van der Waals surface area (Å²) in [5, 5.41) is 0.407. The fraction of sp³-hybridized carbons (Fsp3) is 0.250. The monoisotopic (exact) mass is 238 g/mol. The van der Waals surface area contributed by atoms with E-state index in [4.69, 9.17) is 22.3 Å². The van der Waals surface area contributed by atoms with Crippen molar-refractivity contribution in [2.45, 2.75) is 18.7 Å². The Bertz CT molecular complexity index is 438. The van der Waals surface area contributed by atoms with Gasteiger partial charge in [0, 0.05) is 15.7 Å². The van der Waals surface area contributed by atoms with E-state index in [1.54, 1.807) is 19.9 Å². The molecule has 5 heteroatoms. The number of hydrogen-bond acceptors (Lipinski definition) is 2. The summed E-state index contributed by atoms with van der Waals surface area (Å²) in [6, 6.07) is 3.06. The van der Waals surface area contributed by atoms with Crippen molar-refractivity contribution in [3.05, 3.63) is 28.3 Å². The lowest BCUT2D eigenvalue weighted by molar-refractivity contribution is 0.609. The second kappa shape index (κ2) is 3.48. The van der Waals surface area contributed by atoms with Crippen molar-refractivity contribution >= 4 is 31.3 Å². The molecular formula is C8H8Cl2O2S. The zero-order chi connectivity index (χ0) is 10.2. The summed E-state index contributed by atoms with van der Waals surface area (Å²) in [4.78, 5) is 0.0739. The van der Waals surface area contributed by atoms with Crippen LogP contribution >= 0.6 is 22.3 Å². The third kappa shape index (κ3) is 2.36. The number of benzene rings is 1. The first-order valence-corrected chi connectivity index (χ1v) is 6.22. The van der Waals surface area contributed by atoms with Crippen LogP contribution in [0.15, 0.2) is 17.0 Å². The second-order valence-corrected chi connectivity index (χ2v) is 5.75. The summed E-state index contributed by atoms with van der Waals surface area (Å²) in [7, 11) is 1.52. The summed E-state index contributed by atoms with van der Waals surface area (Å²) in [6.45, 7) is 3.48. The van der Waals surface area contributed by atoms with Crippen LogP contribution in [0, 0.1) is 13.8 Å². The van der Waals surface area contributed by atoms with Crippen LogP contribution in [0.4, 0.5) is 0 Å². The zero-order valence-electron chi connectivity index (χ0n) is 7.14. The Hall–Kier alpha value is -0.250. The minimum Gasteiger partial charge on any atom is -0.207 e. The van der Waals surface area contributed by atoms with Crippen LogP contribution in [0.5, 0.6) is 0 Å². The highest BCUT2D eigenvalue weighted by Crippen LogP contribution is 2.26. The minimum atomic E-state index is -3.68. The van der Waals surface area contributed by atoms with E-state index in [2.05, 4.69) is 0 Å². The molecule has 13 heavy (non-hydrogen) atoms. The van der Waals surface area contributed by atoms with E-state index < -0.39 is 9.05 Å². The lowest BCUT2D eigenvalue weighted by Gasteiger charge is -2.04. The molecule has 0 aliphatic carbocycles. The molecule has 0 heterocycles. The summed E-state index contributed by atoms with van der Waals surface area (Å²) < 4.78 is 22.0. The first kappa shape index (κ1) is 10.8. The Morgan fingerprint density at radius 3 is 2.15 bits per heavy atom. The molecule has 0 bridgehead atoms.